The summed E-state index contributed by atoms with van der Waals surface area (Å²) in [7, 11) is 0. The highest BCUT2D eigenvalue weighted by Gasteiger charge is 2.15. The Balaban J connectivity index is 1.93. The van der Waals surface area contributed by atoms with Gasteiger partial charge in [0.15, 0.2) is 0 Å². The van der Waals surface area contributed by atoms with E-state index in [1.54, 1.807) is 0 Å². The van der Waals surface area contributed by atoms with Crippen LogP contribution in [0.3, 0.4) is 0 Å². The first kappa shape index (κ1) is 14.9. The molecule has 1 heterocycles. The molecule has 1 saturated carbocycles. The van der Waals surface area contributed by atoms with E-state index in [0.717, 1.165) is 29.5 Å². The van der Waals surface area contributed by atoms with Crippen LogP contribution in [0.4, 0.5) is 0 Å². The van der Waals surface area contributed by atoms with Crippen LogP contribution in [0.1, 0.15) is 63.3 Å². The molecule has 1 aliphatic carbocycles. The van der Waals surface area contributed by atoms with Crippen LogP contribution in [0.2, 0.25) is 5.02 Å². The molecule has 0 aliphatic heterocycles. The van der Waals surface area contributed by atoms with Crippen LogP contribution in [0.15, 0.2) is 0 Å². The molecular weight excluding hydrogens is 258 g/mol. The van der Waals surface area contributed by atoms with Crippen molar-refractivity contribution in [3.63, 3.8) is 0 Å². The maximum atomic E-state index is 6.35. The third-order valence-corrected chi connectivity index (χ3v) is 4.61. The average molecular weight is 284 g/mol. The zero-order valence-corrected chi connectivity index (χ0v) is 13.0. The van der Waals surface area contributed by atoms with Gasteiger partial charge in [0.25, 0.3) is 0 Å². The summed E-state index contributed by atoms with van der Waals surface area (Å²) in [6.07, 6.45) is 9.53. The van der Waals surface area contributed by atoms with Crippen LogP contribution in [-0.2, 0) is 13.1 Å². The molecule has 1 aromatic rings. The Morgan fingerprint density at radius 1 is 1.21 bits per heavy atom. The van der Waals surface area contributed by atoms with E-state index in [4.69, 9.17) is 11.6 Å². The minimum absolute atomic E-state index is 0.650. The average Bonchev–Trinajstić information content (AvgIpc) is 2.64. The van der Waals surface area contributed by atoms with Crippen molar-refractivity contribution in [1.82, 2.24) is 15.1 Å². The Kier molecular flexibility index (Phi) is 5.71. The summed E-state index contributed by atoms with van der Waals surface area (Å²) in [6, 6.07) is 0.650. The molecule has 19 heavy (non-hydrogen) atoms. The van der Waals surface area contributed by atoms with Gasteiger partial charge in [-0.1, -0.05) is 43.7 Å². The number of hydrogen-bond donors (Lipinski definition) is 1. The lowest BCUT2D eigenvalue weighted by Crippen LogP contribution is -2.30. The number of hydrogen-bond acceptors (Lipinski definition) is 2. The van der Waals surface area contributed by atoms with Crippen LogP contribution in [0, 0.1) is 6.92 Å². The molecule has 0 aromatic carbocycles. The predicted molar refractivity (Wildman–Crippen MR) is 80.6 cm³/mol. The topological polar surface area (TPSA) is 29.9 Å². The smallest absolute Gasteiger partial charge is 0.0860 e. The van der Waals surface area contributed by atoms with Crippen molar-refractivity contribution in [2.45, 2.75) is 77.9 Å². The molecule has 1 fully saturated rings. The molecule has 2 rings (SSSR count). The SMILES string of the molecule is CCn1nc(C)c(Cl)c1CNC1CCCCCCC1. The van der Waals surface area contributed by atoms with E-state index in [2.05, 4.69) is 17.3 Å². The van der Waals surface area contributed by atoms with E-state index < -0.39 is 0 Å². The minimum Gasteiger partial charge on any atom is -0.308 e. The van der Waals surface area contributed by atoms with Crippen molar-refractivity contribution < 1.29 is 0 Å². The van der Waals surface area contributed by atoms with Crippen molar-refractivity contribution in [2.75, 3.05) is 0 Å². The summed E-state index contributed by atoms with van der Waals surface area (Å²) in [6.45, 7) is 5.82. The first-order valence-corrected chi connectivity index (χ1v) is 8.05. The summed E-state index contributed by atoms with van der Waals surface area (Å²) in [4.78, 5) is 0. The van der Waals surface area contributed by atoms with Crippen molar-refractivity contribution in [3.05, 3.63) is 16.4 Å². The Labute approximate surface area is 121 Å². The molecule has 4 heteroatoms. The lowest BCUT2D eigenvalue weighted by atomic mass is 9.97. The third kappa shape index (κ3) is 3.96. The summed E-state index contributed by atoms with van der Waals surface area (Å²) >= 11 is 6.35. The van der Waals surface area contributed by atoms with Gasteiger partial charge in [-0.25, -0.2) is 0 Å². The Hall–Kier alpha value is -0.540. The Bertz CT molecular complexity index is 392. The first-order valence-electron chi connectivity index (χ1n) is 7.67. The van der Waals surface area contributed by atoms with Crippen molar-refractivity contribution in [3.8, 4) is 0 Å². The maximum Gasteiger partial charge on any atom is 0.0860 e. The molecule has 0 saturated heterocycles. The minimum atomic E-state index is 0.650. The monoisotopic (exact) mass is 283 g/mol. The predicted octanol–water partition coefficient (Wildman–Crippen LogP) is 4.07. The summed E-state index contributed by atoms with van der Waals surface area (Å²) in [5.41, 5.74) is 2.08. The highest BCUT2D eigenvalue weighted by molar-refractivity contribution is 6.31. The number of nitrogens with one attached hydrogen (secondary N) is 1. The van der Waals surface area contributed by atoms with Gasteiger partial charge in [0.2, 0.25) is 0 Å². The zero-order valence-electron chi connectivity index (χ0n) is 12.2. The summed E-state index contributed by atoms with van der Waals surface area (Å²) in [5, 5.41) is 8.99. The maximum absolute atomic E-state index is 6.35. The number of aryl methyl sites for hydroxylation is 2. The molecular formula is C15H26ClN3. The van der Waals surface area contributed by atoms with Crippen molar-refractivity contribution in [1.29, 1.82) is 0 Å². The van der Waals surface area contributed by atoms with E-state index in [9.17, 15) is 0 Å². The van der Waals surface area contributed by atoms with Gasteiger partial charge in [0, 0.05) is 19.1 Å². The van der Waals surface area contributed by atoms with Crippen LogP contribution < -0.4 is 5.32 Å². The highest BCUT2D eigenvalue weighted by Crippen LogP contribution is 2.22. The van der Waals surface area contributed by atoms with Gasteiger partial charge in [-0.3, -0.25) is 4.68 Å². The molecule has 0 amide bonds. The van der Waals surface area contributed by atoms with E-state index >= 15 is 0 Å². The second-order valence-corrected chi connectivity index (χ2v) is 5.96. The number of nitrogens with zero attached hydrogens (tertiary/aromatic N) is 2. The van der Waals surface area contributed by atoms with Crippen LogP contribution in [0.5, 0.6) is 0 Å². The van der Waals surface area contributed by atoms with Crippen molar-refractivity contribution >= 4 is 11.6 Å². The molecule has 1 aromatic heterocycles. The van der Waals surface area contributed by atoms with Gasteiger partial charge in [0.1, 0.15) is 0 Å². The molecule has 108 valence electrons. The second kappa shape index (κ2) is 7.30. The quantitative estimate of drug-likeness (QED) is 0.903. The number of aromatic nitrogens is 2. The lowest BCUT2D eigenvalue weighted by molar-refractivity contribution is 0.384. The van der Waals surface area contributed by atoms with Gasteiger partial charge in [0.05, 0.1) is 16.4 Å². The van der Waals surface area contributed by atoms with Crippen LogP contribution in [-0.4, -0.2) is 15.8 Å². The fourth-order valence-electron chi connectivity index (χ4n) is 2.94. The molecule has 0 radical (unpaired) electrons. The molecule has 1 N–H and O–H groups in total. The Morgan fingerprint density at radius 2 is 1.84 bits per heavy atom. The van der Waals surface area contributed by atoms with E-state index in [0.29, 0.717) is 6.04 Å². The Morgan fingerprint density at radius 3 is 2.47 bits per heavy atom. The molecule has 1 aliphatic rings. The second-order valence-electron chi connectivity index (χ2n) is 5.58. The van der Waals surface area contributed by atoms with Crippen LogP contribution >= 0.6 is 11.6 Å². The standard InChI is InChI=1S/C15H26ClN3/c1-3-19-14(15(16)12(2)18-19)11-17-13-9-7-5-4-6-8-10-13/h13,17H,3-11H2,1-2H3. The lowest BCUT2D eigenvalue weighted by Gasteiger charge is -2.21. The fraction of sp³-hybridized carbons (Fsp3) is 0.800. The zero-order chi connectivity index (χ0) is 13.7. The number of halogens is 1. The van der Waals surface area contributed by atoms with E-state index in [-0.39, 0.29) is 0 Å². The van der Waals surface area contributed by atoms with Crippen molar-refractivity contribution in [2.24, 2.45) is 0 Å². The molecule has 0 bridgehead atoms. The summed E-state index contributed by atoms with van der Waals surface area (Å²) < 4.78 is 2.02. The molecule has 0 atom stereocenters. The summed E-state index contributed by atoms with van der Waals surface area (Å²) in [5.74, 6) is 0. The van der Waals surface area contributed by atoms with Gasteiger partial charge < -0.3 is 5.32 Å². The third-order valence-electron chi connectivity index (χ3n) is 4.12. The van der Waals surface area contributed by atoms with Crippen LogP contribution in [0.25, 0.3) is 0 Å². The van der Waals surface area contributed by atoms with Gasteiger partial charge in [-0.05, 0) is 26.7 Å². The molecule has 3 nitrogen and oxygen atoms in total. The highest BCUT2D eigenvalue weighted by atomic mass is 35.5. The van der Waals surface area contributed by atoms with E-state index in [1.165, 1.54) is 44.9 Å². The largest absolute Gasteiger partial charge is 0.308 e. The van der Waals surface area contributed by atoms with Gasteiger partial charge in [-0.2, -0.15) is 5.10 Å². The first-order chi connectivity index (χ1) is 9.22. The van der Waals surface area contributed by atoms with E-state index in [1.807, 2.05) is 11.6 Å². The van der Waals surface area contributed by atoms with Gasteiger partial charge >= 0.3 is 0 Å². The molecule has 0 unspecified atom stereocenters. The fourth-order valence-corrected chi connectivity index (χ4v) is 3.14. The normalized spacial score (nSPS) is 18.3. The van der Waals surface area contributed by atoms with Gasteiger partial charge in [-0.15, -0.1) is 0 Å². The molecule has 0 spiro atoms. The number of rotatable bonds is 4.